The second-order valence-corrected chi connectivity index (χ2v) is 7.33. The minimum absolute atomic E-state index is 0.130. The standard InChI is InChI=1S/C21H22F2N6O2/c1-14-3-4-18(29-25-7-8-26-29)17(11-14)21(30)27-9-10-28(31-13-15(27)2)19-12-16(20(22)23)5-6-24-19/h3-8,11-12,15,20H,9-10,13H2,1-2H3/t15-/m1/s1. The quantitative estimate of drug-likeness (QED) is 0.635. The molecule has 1 saturated heterocycles. The van der Waals surface area contributed by atoms with Crippen molar-refractivity contribution in [1.82, 2.24) is 24.9 Å². The number of halogens is 2. The molecule has 1 aromatic carbocycles. The zero-order valence-corrected chi connectivity index (χ0v) is 17.2. The lowest BCUT2D eigenvalue weighted by Gasteiger charge is -2.26. The summed E-state index contributed by atoms with van der Waals surface area (Å²) in [5.41, 5.74) is 1.87. The van der Waals surface area contributed by atoms with Gasteiger partial charge in [0, 0.05) is 18.3 Å². The molecule has 0 saturated carbocycles. The van der Waals surface area contributed by atoms with Gasteiger partial charge in [-0.1, -0.05) is 11.6 Å². The summed E-state index contributed by atoms with van der Waals surface area (Å²) in [4.78, 5) is 26.5. The van der Waals surface area contributed by atoms with Crippen LogP contribution in [0, 0.1) is 6.92 Å². The van der Waals surface area contributed by atoms with Crippen molar-refractivity contribution in [2.24, 2.45) is 0 Å². The zero-order chi connectivity index (χ0) is 22.0. The number of carbonyl (C=O) groups is 1. The number of aromatic nitrogens is 4. The fraction of sp³-hybridized carbons (Fsp3) is 0.333. The molecule has 1 aliphatic rings. The van der Waals surface area contributed by atoms with Crippen LogP contribution in [-0.4, -0.2) is 56.5 Å². The number of hydrogen-bond donors (Lipinski definition) is 0. The molecule has 4 rings (SSSR count). The normalized spacial score (nSPS) is 17.1. The Hall–Kier alpha value is -3.40. The van der Waals surface area contributed by atoms with Gasteiger partial charge in [-0.25, -0.2) is 18.8 Å². The number of alkyl halides is 2. The lowest BCUT2D eigenvalue weighted by Crippen LogP contribution is -2.41. The summed E-state index contributed by atoms with van der Waals surface area (Å²) in [5, 5.41) is 9.76. The SMILES string of the molecule is Cc1ccc(-n2nccn2)c(C(=O)N2CCN(c3cc(C(F)F)ccn3)OC[C@H]2C)c1. The van der Waals surface area contributed by atoms with Crippen LogP contribution in [0.3, 0.4) is 0 Å². The van der Waals surface area contributed by atoms with Crippen molar-refractivity contribution < 1.29 is 18.4 Å². The molecular formula is C21H22F2N6O2. The van der Waals surface area contributed by atoms with Gasteiger partial charge < -0.3 is 4.90 Å². The molecule has 10 heteroatoms. The molecule has 2 aromatic heterocycles. The van der Waals surface area contributed by atoms with Crippen LogP contribution in [0.5, 0.6) is 0 Å². The molecule has 0 unspecified atom stereocenters. The van der Waals surface area contributed by atoms with Crippen LogP contribution in [0.15, 0.2) is 48.9 Å². The lowest BCUT2D eigenvalue weighted by atomic mass is 10.1. The third kappa shape index (κ3) is 4.38. The second kappa shape index (κ2) is 8.76. The number of hydrogen-bond acceptors (Lipinski definition) is 6. The highest BCUT2D eigenvalue weighted by atomic mass is 19.3. The number of aryl methyl sites for hydroxylation is 1. The number of rotatable bonds is 4. The monoisotopic (exact) mass is 428 g/mol. The van der Waals surface area contributed by atoms with Crippen LogP contribution in [-0.2, 0) is 4.84 Å². The summed E-state index contributed by atoms with van der Waals surface area (Å²) < 4.78 is 26.1. The van der Waals surface area contributed by atoms with Crippen LogP contribution >= 0.6 is 0 Å². The predicted octanol–water partition coefficient (Wildman–Crippen LogP) is 3.19. The van der Waals surface area contributed by atoms with Crippen LogP contribution in [0.2, 0.25) is 0 Å². The molecule has 162 valence electrons. The molecule has 31 heavy (non-hydrogen) atoms. The maximum absolute atomic E-state index is 13.5. The molecule has 1 amide bonds. The van der Waals surface area contributed by atoms with Gasteiger partial charge in [-0.2, -0.15) is 15.0 Å². The van der Waals surface area contributed by atoms with E-state index in [1.165, 1.54) is 28.2 Å². The molecule has 0 radical (unpaired) electrons. The molecule has 3 heterocycles. The molecule has 1 aliphatic heterocycles. The van der Waals surface area contributed by atoms with Gasteiger partial charge in [-0.15, -0.1) is 0 Å². The van der Waals surface area contributed by atoms with Gasteiger partial charge in [-0.05, 0) is 38.1 Å². The van der Waals surface area contributed by atoms with Crippen LogP contribution in [0.25, 0.3) is 5.69 Å². The van der Waals surface area contributed by atoms with Crippen LogP contribution < -0.4 is 5.06 Å². The Morgan fingerprint density at radius 3 is 2.65 bits per heavy atom. The maximum atomic E-state index is 13.5. The van der Waals surface area contributed by atoms with E-state index < -0.39 is 6.43 Å². The van der Waals surface area contributed by atoms with Crippen molar-refractivity contribution in [3.8, 4) is 5.69 Å². The van der Waals surface area contributed by atoms with E-state index in [4.69, 9.17) is 4.84 Å². The number of amides is 1. The summed E-state index contributed by atoms with van der Waals surface area (Å²) >= 11 is 0. The molecule has 1 fully saturated rings. The van der Waals surface area contributed by atoms with Crippen LogP contribution in [0.4, 0.5) is 14.6 Å². The van der Waals surface area contributed by atoms with E-state index in [0.717, 1.165) is 5.56 Å². The van der Waals surface area contributed by atoms with E-state index in [2.05, 4.69) is 15.2 Å². The first kappa shape index (κ1) is 20.9. The average Bonchev–Trinajstić information content (AvgIpc) is 3.23. The Morgan fingerprint density at radius 2 is 1.90 bits per heavy atom. The van der Waals surface area contributed by atoms with E-state index in [9.17, 15) is 13.6 Å². The number of anilines is 1. The first-order valence-electron chi connectivity index (χ1n) is 9.87. The lowest BCUT2D eigenvalue weighted by molar-refractivity contribution is 0.0599. The minimum atomic E-state index is -2.60. The highest BCUT2D eigenvalue weighted by Gasteiger charge is 2.29. The van der Waals surface area contributed by atoms with E-state index in [1.807, 2.05) is 32.0 Å². The molecule has 8 nitrogen and oxygen atoms in total. The number of pyridine rings is 1. The van der Waals surface area contributed by atoms with Gasteiger partial charge in [0.05, 0.1) is 42.8 Å². The summed E-state index contributed by atoms with van der Waals surface area (Å²) in [6.07, 6.45) is 1.83. The molecule has 0 aliphatic carbocycles. The topological polar surface area (TPSA) is 76.4 Å². The highest BCUT2D eigenvalue weighted by Crippen LogP contribution is 2.24. The van der Waals surface area contributed by atoms with Gasteiger partial charge in [0.1, 0.15) is 0 Å². The van der Waals surface area contributed by atoms with Crippen LogP contribution in [0.1, 0.15) is 34.8 Å². The van der Waals surface area contributed by atoms with Crippen molar-refractivity contribution >= 4 is 11.7 Å². The maximum Gasteiger partial charge on any atom is 0.264 e. The first-order chi connectivity index (χ1) is 14.9. The fourth-order valence-electron chi connectivity index (χ4n) is 3.45. The first-order valence-corrected chi connectivity index (χ1v) is 9.87. The summed E-state index contributed by atoms with van der Waals surface area (Å²) in [5.74, 6) is 0.111. The third-order valence-corrected chi connectivity index (χ3v) is 5.10. The Bertz CT molecular complexity index is 1060. The van der Waals surface area contributed by atoms with Gasteiger partial charge in [0.15, 0.2) is 5.82 Å². The van der Waals surface area contributed by atoms with E-state index in [0.29, 0.717) is 17.8 Å². The molecule has 1 atom stereocenters. The van der Waals surface area contributed by atoms with E-state index >= 15 is 0 Å². The Kier molecular flexibility index (Phi) is 5.90. The van der Waals surface area contributed by atoms with E-state index in [1.54, 1.807) is 17.3 Å². The van der Waals surface area contributed by atoms with Crippen molar-refractivity contribution in [1.29, 1.82) is 0 Å². The van der Waals surface area contributed by atoms with Gasteiger partial charge >= 0.3 is 0 Å². The minimum Gasteiger partial charge on any atom is -0.332 e. The summed E-state index contributed by atoms with van der Waals surface area (Å²) in [7, 11) is 0. The molecule has 0 spiro atoms. The van der Waals surface area contributed by atoms with Crippen molar-refractivity contribution in [2.45, 2.75) is 26.3 Å². The van der Waals surface area contributed by atoms with Crippen molar-refractivity contribution in [3.05, 3.63) is 65.6 Å². The molecule has 3 aromatic rings. The molecular weight excluding hydrogens is 406 g/mol. The summed E-state index contributed by atoms with van der Waals surface area (Å²) in [6, 6.07) is 7.85. The average molecular weight is 428 g/mol. The number of hydroxylamine groups is 1. The molecule has 0 N–H and O–H groups in total. The smallest absolute Gasteiger partial charge is 0.264 e. The molecule has 0 bridgehead atoms. The van der Waals surface area contributed by atoms with Crippen molar-refractivity contribution in [2.75, 3.05) is 24.8 Å². The van der Waals surface area contributed by atoms with Gasteiger partial charge in [-0.3, -0.25) is 9.63 Å². The highest BCUT2D eigenvalue weighted by molar-refractivity contribution is 5.98. The van der Waals surface area contributed by atoms with Gasteiger partial charge in [0.2, 0.25) is 0 Å². The van der Waals surface area contributed by atoms with Crippen molar-refractivity contribution in [3.63, 3.8) is 0 Å². The Morgan fingerprint density at radius 1 is 1.13 bits per heavy atom. The number of benzene rings is 1. The number of carbonyl (C=O) groups excluding carboxylic acids is 1. The Balaban J connectivity index is 1.58. The zero-order valence-electron chi connectivity index (χ0n) is 17.2. The largest absolute Gasteiger partial charge is 0.332 e. The van der Waals surface area contributed by atoms with Gasteiger partial charge in [0.25, 0.3) is 12.3 Å². The summed E-state index contributed by atoms with van der Waals surface area (Å²) in [6.45, 7) is 4.62. The second-order valence-electron chi connectivity index (χ2n) is 7.33. The van der Waals surface area contributed by atoms with E-state index in [-0.39, 0.29) is 36.5 Å². The Labute approximate surface area is 178 Å². The third-order valence-electron chi connectivity index (χ3n) is 5.10. The number of nitrogens with zero attached hydrogens (tertiary/aromatic N) is 6. The predicted molar refractivity (Wildman–Crippen MR) is 109 cm³/mol. The fourth-order valence-corrected chi connectivity index (χ4v) is 3.45.